The van der Waals surface area contributed by atoms with Crippen LogP contribution in [0.3, 0.4) is 0 Å². The fraction of sp³-hybridized carbons (Fsp3) is 0.222. The fourth-order valence-corrected chi connectivity index (χ4v) is 6.62. The number of methoxy groups -OCH3 is 2. The Bertz CT molecular complexity index is 1550. The van der Waals surface area contributed by atoms with Gasteiger partial charge in [0, 0.05) is 11.6 Å². The van der Waals surface area contributed by atoms with Crippen molar-refractivity contribution < 1.29 is 26.7 Å². The highest BCUT2D eigenvalue weighted by molar-refractivity contribution is 7.93. The first-order chi connectivity index (χ1) is 18.7. The van der Waals surface area contributed by atoms with Gasteiger partial charge in [-0.3, -0.25) is 0 Å². The largest absolute Gasteiger partial charge is 0.497 e. The summed E-state index contributed by atoms with van der Waals surface area (Å²) < 4.78 is 68.6. The molecule has 12 heteroatoms. The minimum absolute atomic E-state index is 0.0108. The SMILES string of the molecule is CCC(Nc1cc(F)c(S(=O)(=O)N(Cc2ccc(OC)cc2OC)c2ncc(F)s2)cc1Cl)c1ccccc1. The lowest BCUT2D eigenvalue weighted by Gasteiger charge is -2.24. The van der Waals surface area contributed by atoms with E-state index in [1.807, 2.05) is 37.3 Å². The van der Waals surface area contributed by atoms with Crippen molar-refractivity contribution >= 4 is 43.8 Å². The molecule has 1 heterocycles. The van der Waals surface area contributed by atoms with Gasteiger partial charge in [-0.2, -0.15) is 4.39 Å². The first-order valence-corrected chi connectivity index (χ1v) is 14.5. The number of aromatic nitrogens is 1. The Morgan fingerprint density at radius 1 is 1.08 bits per heavy atom. The van der Waals surface area contributed by atoms with E-state index in [1.165, 1.54) is 14.2 Å². The van der Waals surface area contributed by atoms with Crippen molar-refractivity contribution in [3.05, 3.63) is 94.0 Å². The molecule has 0 saturated carbocycles. The van der Waals surface area contributed by atoms with Gasteiger partial charge in [-0.25, -0.2) is 22.1 Å². The second-order valence-electron chi connectivity index (χ2n) is 8.41. The molecule has 0 aliphatic carbocycles. The molecular weight excluding hydrogens is 568 g/mol. The van der Waals surface area contributed by atoms with E-state index in [-0.39, 0.29) is 28.4 Å². The van der Waals surface area contributed by atoms with Crippen molar-refractivity contribution in [2.24, 2.45) is 0 Å². The Morgan fingerprint density at radius 2 is 1.82 bits per heavy atom. The van der Waals surface area contributed by atoms with Crippen LogP contribution in [0.1, 0.15) is 30.5 Å². The molecule has 7 nitrogen and oxygen atoms in total. The van der Waals surface area contributed by atoms with Crippen molar-refractivity contribution in [2.75, 3.05) is 23.8 Å². The number of nitrogens with zero attached hydrogens (tertiary/aromatic N) is 2. The lowest BCUT2D eigenvalue weighted by Crippen LogP contribution is -2.31. The lowest BCUT2D eigenvalue weighted by molar-refractivity contribution is 0.391. The molecule has 0 radical (unpaired) electrons. The quantitative estimate of drug-likeness (QED) is 0.201. The van der Waals surface area contributed by atoms with Gasteiger partial charge in [-0.05, 0) is 36.2 Å². The fourth-order valence-electron chi connectivity index (χ4n) is 4.00. The van der Waals surface area contributed by atoms with Crippen molar-refractivity contribution in [3.8, 4) is 11.5 Å². The first-order valence-electron chi connectivity index (χ1n) is 11.8. The van der Waals surface area contributed by atoms with Crippen molar-refractivity contribution in [1.29, 1.82) is 0 Å². The van der Waals surface area contributed by atoms with Crippen molar-refractivity contribution in [1.82, 2.24) is 4.98 Å². The van der Waals surface area contributed by atoms with E-state index in [9.17, 15) is 12.8 Å². The number of benzene rings is 3. The summed E-state index contributed by atoms with van der Waals surface area (Å²) in [7, 11) is -1.69. The van der Waals surface area contributed by atoms with Crippen LogP contribution in [0, 0.1) is 10.9 Å². The van der Waals surface area contributed by atoms with Crippen molar-refractivity contribution in [2.45, 2.75) is 30.8 Å². The molecule has 1 unspecified atom stereocenters. The normalized spacial score (nSPS) is 12.2. The molecule has 0 spiro atoms. The molecule has 0 aliphatic heterocycles. The van der Waals surface area contributed by atoms with Gasteiger partial charge < -0.3 is 14.8 Å². The maximum atomic E-state index is 15.5. The Morgan fingerprint density at radius 3 is 2.44 bits per heavy atom. The molecule has 1 N–H and O–H groups in total. The van der Waals surface area contributed by atoms with Crippen LogP contribution in [-0.4, -0.2) is 27.6 Å². The highest BCUT2D eigenvalue weighted by atomic mass is 35.5. The van der Waals surface area contributed by atoms with Gasteiger partial charge in [0.25, 0.3) is 10.0 Å². The van der Waals surface area contributed by atoms with Gasteiger partial charge in [0.2, 0.25) is 5.13 Å². The summed E-state index contributed by atoms with van der Waals surface area (Å²) in [4.78, 5) is 3.23. The smallest absolute Gasteiger partial charge is 0.269 e. The highest BCUT2D eigenvalue weighted by Gasteiger charge is 2.32. The van der Waals surface area contributed by atoms with Crippen LogP contribution < -0.4 is 19.1 Å². The Hall–Kier alpha value is -3.41. The number of ether oxygens (including phenoxy) is 2. The maximum absolute atomic E-state index is 15.5. The molecular formula is C27H26ClF2N3O4S2. The lowest BCUT2D eigenvalue weighted by atomic mass is 10.0. The molecule has 3 aromatic carbocycles. The molecule has 206 valence electrons. The number of hydrogen-bond acceptors (Lipinski definition) is 7. The van der Waals surface area contributed by atoms with E-state index in [2.05, 4.69) is 10.3 Å². The zero-order chi connectivity index (χ0) is 28.2. The number of anilines is 2. The molecule has 1 aromatic heterocycles. The molecule has 0 saturated heterocycles. The average Bonchev–Trinajstić information content (AvgIpc) is 3.37. The Kier molecular flexibility index (Phi) is 8.94. The summed E-state index contributed by atoms with van der Waals surface area (Å²) in [5.41, 5.74) is 1.64. The molecule has 0 aliphatic rings. The van der Waals surface area contributed by atoms with Gasteiger partial charge >= 0.3 is 0 Å². The predicted molar refractivity (Wildman–Crippen MR) is 149 cm³/mol. The van der Waals surface area contributed by atoms with Gasteiger partial charge in [-0.15, -0.1) is 0 Å². The second-order valence-corrected chi connectivity index (χ2v) is 11.6. The first kappa shape index (κ1) is 28.6. The summed E-state index contributed by atoms with van der Waals surface area (Å²) in [6.07, 6.45) is 1.58. The van der Waals surface area contributed by atoms with E-state index in [4.69, 9.17) is 21.1 Å². The Balaban J connectivity index is 1.73. The summed E-state index contributed by atoms with van der Waals surface area (Å²) in [5.74, 6) is -0.197. The zero-order valence-corrected chi connectivity index (χ0v) is 23.7. The van der Waals surface area contributed by atoms with Gasteiger partial charge in [0.15, 0.2) is 5.13 Å². The van der Waals surface area contributed by atoms with E-state index in [0.717, 1.165) is 28.2 Å². The molecule has 39 heavy (non-hydrogen) atoms. The van der Waals surface area contributed by atoms with Crippen LogP contribution in [0.5, 0.6) is 11.5 Å². The van der Waals surface area contributed by atoms with E-state index >= 15 is 4.39 Å². The number of thiazole rings is 1. The molecule has 0 fully saturated rings. The number of hydrogen-bond donors (Lipinski definition) is 1. The minimum Gasteiger partial charge on any atom is -0.497 e. The van der Waals surface area contributed by atoms with Gasteiger partial charge in [0.05, 0.1) is 43.7 Å². The third-order valence-corrected chi connectivity index (χ3v) is 9.00. The summed E-state index contributed by atoms with van der Waals surface area (Å²) in [6, 6.07) is 16.3. The zero-order valence-electron chi connectivity index (χ0n) is 21.3. The van der Waals surface area contributed by atoms with E-state index in [0.29, 0.717) is 34.8 Å². The third-order valence-electron chi connectivity index (χ3n) is 6.02. The third kappa shape index (κ3) is 6.26. The van der Waals surface area contributed by atoms with Gasteiger partial charge in [0.1, 0.15) is 22.2 Å². The van der Waals surface area contributed by atoms with Crippen LogP contribution in [0.4, 0.5) is 19.6 Å². The van der Waals surface area contributed by atoms with Crippen LogP contribution in [0.25, 0.3) is 0 Å². The molecule has 0 amide bonds. The molecule has 4 aromatic rings. The minimum atomic E-state index is -4.60. The summed E-state index contributed by atoms with van der Waals surface area (Å²) >= 11 is 6.99. The predicted octanol–water partition coefficient (Wildman–Crippen LogP) is 7.05. The van der Waals surface area contributed by atoms with Crippen LogP contribution in [-0.2, 0) is 16.6 Å². The highest BCUT2D eigenvalue weighted by Crippen LogP contribution is 2.37. The Labute approximate surface area is 235 Å². The monoisotopic (exact) mass is 593 g/mol. The number of sulfonamides is 1. The number of rotatable bonds is 11. The van der Waals surface area contributed by atoms with Crippen LogP contribution >= 0.6 is 22.9 Å². The van der Waals surface area contributed by atoms with Crippen LogP contribution in [0.2, 0.25) is 5.02 Å². The van der Waals surface area contributed by atoms with Crippen LogP contribution in [0.15, 0.2) is 71.8 Å². The van der Waals surface area contributed by atoms with E-state index in [1.54, 1.807) is 18.2 Å². The standard InChI is InChI=1S/C27H26ClF2N3O4S2/c1-4-22(17-8-6-5-7-9-17)32-23-14-21(29)25(13-20(23)28)39(34,35)33(27-31-15-26(30)38-27)16-18-10-11-19(36-2)12-24(18)37-3/h5-15,22,32H,4,16H2,1-3H3. The molecule has 0 bridgehead atoms. The number of nitrogens with one attached hydrogen (secondary N) is 1. The second kappa shape index (κ2) is 12.2. The van der Waals surface area contributed by atoms with E-state index < -0.39 is 25.9 Å². The number of halogens is 3. The van der Waals surface area contributed by atoms with Crippen molar-refractivity contribution in [3.63, 3.8) is 0 Å². The molecule has 1 atom stereocenters. The molecule has 4 rings (SSSR count). The topological polar surface area (TPSA) is 80.8 Å². The average molecular weight is 594 g/mol. The summed E-state index contributed by atoms with van der Waals surface area (Å²) in [5, 5.41) is 2.32. The summed E-state index contributed by atoms with van der Waals surface area (Å²) in [6.45, 7) is 1.65. The van der Waals surface area contributed by atoms with Gasteiger partial charge in [-0.1, -0.05) is 60.2 Å². The maximum Gasteiger partial charge on any atom is 0.269 e.